The molecule has 3 rings (SSSR count). The molecule has 1 amide bonds. The van der Waals surface area contributed by atoms with Crippen molar-refractivity contribution in [1.29, 1.82) is 0 Å². The van der Waals surface area contributed by atoms with Gasteiger partial charge in [-0.2, -0.15) is 0 Å². The number of amides is 1. The van der Waals surface area contributed by atoms with Crippen LogP contribution >= 0.6 is 11.8 Å². The van der Waals surface area contributed by atoms with Gasteiger partial charge in [-0.15, -0.1) is 11.8 Å². The second-order valence-corrected chi connectivity index (χ2v) is 8.17. The van der Waals surface area contributed by atoms with Crippen LogP contribution in [0.5, 0.6) is 0 Å². The highest BCUT2D eigenvalue weighted by atomic mass is 32.2. The fourth-order valence-electron chi connectivity index (χ4n) is 3.78. The molecule has 1 unspecified atom stereocenters. The zero-order chi connectivity index (χ0) is 18.5. The van der Waals surface area contributed by atoms with E-state index in [1.165, 1.54) is 4.90 Å². The number of likely N-dealkylation sites (tertiary alicyclic amines) is 1. The summed E-state index contributed by atoms with van der Waals surface area (Å²) >= 11 is 1.81. The standard InChI is InChI=1S/C19H27N3O3S/c1-20(14-19(24)25)15-5-4-9-21(10-8-15)13-18(23)22-11-12-26-17-7-3-2-6-16(17)22/h2-3,6-7,15H,4-5,8-14H2,1H3,(H,24,25). The number of carbonyl (C=O) groups excluding carboxylic acids is 1. The van der Waals surface area contributed by atoms with E-state index in [-0.39, 0.29) is 18.5 Å². The molecule has 0 aliphatic carbocycles. The topological polar surface area (TPSA) is 64.1 Å². The molecule has 26 heavy (non-hydrogen) atoms. The first-order valence-corrected chi connectivity index (χ1v) is 10.2. The van der Waals surface area contributed by atoms with Gasteiger partial charge in [-0.25, -0.2) is 0 Å². The third-order valence-corrected chi connectivity index (χ3v) is 6.23. The van der Waals surface area contributed by atoms with Crippen LogP contribution in [0.4, 0.5) is 5.69 Å². The number of aliphatic carboxylic acids is 1. The van der Waals surface area contributed by atoms with E-state index in [1.54, 1.807) is 11.8 Å². The van der Waals surface area contributed by atoms with Gasteiger partial charge in [0.05, 0.1) is 18.8 Å². The van der Waals surface area contributed by atoms with E-state index < -0.39 is 5.97 Å². The number of likely N-dealkylation sites (N-methyl/N-ethyl adjacent to an activating group) is 1. The van der Waals surface area contributed by atoms with Crippen LogP contribution in [0.1, 0.15) is 19.3 Å². The molecule has 0 saturated carbocycles. The van der Waals surface area contributed by atoms with Crippen molar-refractivity contribution in [1.82, 2.24) is 9.80 Å². The summed E-state index contributed by atoms with van der Waals surface area (Å²) in [5.74, 6) is 0.311. The van der Waals surface area contributed by atoms with Crippen LogP contribution in [0.25, 0.3) is 0 Å². The van der Waals surface area contributed by atoms with Crippen LogP contribution in [0.2, 0.25) is 0 Å². The second kappa shape index (κ2) is 8.88. The van der Waals surface area contributed by atoms with Crippen LogP contribution in [0, 0.1) is 0 Å². The SMILES string of the molecule is CN(CC(=O)O)C1CCCN(CC(=O)N2CCSc3ccccc32)CC1. The third kappa shape index (κ3) is 4.78. The molecule has 1 fully saturated rings. The molecule has 0 radical (unpaired) electrons. The summed E-state index contributed by atoms with van der Waals surface area (Å²) in [5, 5.41) is 8.98. The Morgan fingerprint density at radius 2 is 2.04 bits per heavy atom. The number of rotatable bonds is 5. The van der Waals surface area contributed by atoms with E-state index in [0.717, 1.165) is 50.3 Å². The number of benzene rings is 1. The quantitative estimate of drug-likeness (QED) is 0.847. The summed E-state index contributed by atoms with van der Waals surface area (Å²) in [6, 6.07) is 8.38. The molecule has 0 aromatic heterocycles. The molecule has 1 aromatic carbocycles. The molecule has 0 spiro atoms. The number of anilines is 1. The summed E-state index contributed by atoms with van der Waals surface area (Å²) in [5.41, 5.74) is 1.03. The number of fused-ring (bicyclic) bond motifs is 1. The van der Waals surface area contributed by atoms with Crippen molar-refractivity contribution in [3.05, 3.63) is 24.3 Å². The molecule has 2 aliphatic rings. The summed E-state index contributed by atoms with van der Waals surface area (Å²) < 4.78 is 0. The van der Waals surface area contributed by atoms with Gasteiger partial charge in [0, 0.05) is 29.8 Å². The number of nitrogens with zero attached hydrogens (tertiary/aromatic N) is 3. The molecular weight excluding hydrogens is 350 g/mol. The maximum atomic E-state index is 12.9. The highest BCUT2D eigenvalue weighted by Crippen LogP contribution is 2.34. The maximum absolute atomic E-state index is 12.9. The zero-order valence-electron chi connectivity index (χ0n) is 15.3. The summed E-state index contributed by atoms with van der Waals surface area (Å²) in [4.78, 5) is 31.1. The highest BCUT2D eigenvalue weighted by molar-refractivity contribution is 7.99. The lowest BCUT2D eigenvalue weighted by Crippen LogP contribution is -2.43. The minimum Gasteiger partial charge on any atom is -0.480 e. The van der Waals surface area contributed by atoms with E-state index >= 15 is 0 Å². The largest absolute Gasteiger partial charge is 0.480 e. The van der Waals surface area contributed by atoms with Gasteiger partial charge >= 0.3 is 5.97 Å². The van der Waals surface area contributed by atoms with Crippen molar-refractivity contribution in [2.45, 2.75) is 30.2 Å². The van der Waals surface area contributed by atoms with Crippen molar-refractivity contribution in [2.24, 2.45) is 0 Å². The molecule has 7 heteroatoms. The van der Waals surface area contributed by atoms with Gasteiger partial charge in [0.25, 0.3) is 0 Å². The Bertz CT molecular complexity index is 655. The minimum absolute atomic E-state index is 0.0752. The van der Waals surface area contributed by atoms with Gasteiger partial charge < -0.3 is 10.0 Å². The van der Waals surface area contributed by atoms with Crippen molar-refractivity contribution in [3.8, 4) is 0 Å². The second-order valence-electron chi connectivity index (χ2n) is 7.03. The zero-order valence-corrected chi connectivity index (χ0v) is 16.1. The molecule has 1 saturated heterocycles. The third-order valence-electron chi connectivity index (χ3n) is 5.19. The van der Waals surface area contributed by atoms with Crippen LogP contribution in [0.15, 0.2) is 29.2 Å². The number of carbonyl (C=O) groups is 2. The number of hydrogen-bond acceptors (Lipinski definition) is 5. The summed E-state index contributed by atoms with van der Waals surface area (Å²) in [7, 11) is 1.88. The maximum Gasteiger partial charge on any atom is 0.317 e. The van der Waals surface area contributed by atoms with E-state index in [9.17, 15) is 9.59 Å². The van der Waals surface area contributed by atoms with E-state index in [2.05, 4.69) is 11.0 Å². The molecule has 1 atom stereocenters. The Labute approximate surface area is 159 Å². The van der Waals surface area contributed by atoms with E-state index in [4.69, 9.17) is 5.11 Å². The van der Waals surface area contributed by atoms with Crippen molar-refractivity contribution < 1.29 is 14.7 Å². The van der Waals surface area contributed by atoms with E-state index in [1.807, 2.05) is 35.0 Å². The van der Waals surface area contributed by atoms with Gasteiger partial charge in [0.1, 0.15) is 0 Å². The van der Waals surface area contributed by atoms with Crippen LogP contribution in [-0.2, 0) is 9.59 Å². The predicted molar refractivity (Wildman–Crippen MR) is 104 cm³/mol. The van der Waals surface area contributed by atoms with Gasteiger partial charge in [-0.1, -0.05) is 12.1 Å². The fraction of sp³-hybridized carbons (Fsp3) is 0.579. The first-order valence-electron chi connectivity index (χ1n) is 9.21. The lowest BCUT2D eigenvalue weighted by atomic mass is 10.1. The Balaban J connectivity index is 1.56. The molecule has 142 valence electrons. The fourth-order valence-corrected chi connectivity index (χ4v) is 4.78. The Kier molecular flexibility index (Phi) is 6.56. The minimum atomic E-state index is -0.787. The normalized spacial score (nSPS) is 21.3. The average Bonchev–Trinajstić information content (AvgIpc) is 2.86. The number of para-hydroxylation sites is 1. The molecule has 2 aliphatic heterocycles. The molecule has 1 N–H and O–H groups in total. The van der Waals surface area contributed by atoms with Gasteiger partial charge in [-0.3, -0.25) is 19.4 Å². The summed E-state index contributed by atoms with van der Waals surface area (Å²) in [6.45, 7) is 3.01. The molecule has 0 bridgehead atoms. The molecule has 6 nitrogen and oxygen atoms in total. The van der Waals surface area contributed by atoms with Gasteiger partial charge in [0.2, 0.25) is 5.91 Å². The monoisotopic (exact) mass is 377 g/mol. The Morgan fingerprint density at radius 3 is 2.85 bits per heavy atom. The van der Waals surface area contributed by atoms with Crippen molar-refractivity contribution in [3.63, 3.8) is 0 Å². The average molecular weight is 378 g/mol. The smallest absolute Gasteiger partial charge is 0.317 e. The number of hydrogen-bond donors (Lipinski definition) is 1. The summed E-state index contributed by atoms with van der Waals surface area (Å²) in [6.07, 6.45) is 2.88. The lowest BCUT2D eigenvalue weighted by Gasteiger charge is -2.31. The number of carboxylic acid groups (broad SMARTS) is 1. The van der Waals surface area contributed by atoms with Crippen molar-refractivity contribution >= 4 is 29.3 Å². The lowest BCUT2D eigenvalue weighted by molar-refractivity contribution is -0.138. The van der Waals surface area contributed by atoms with E-state index in [0.29, 0.717) is 6.54 Å². The number of carboxylic acids is 1. The Hall–Kier alpha value is -1.57. The van der Waals surface area contributed by atoms with Gasteiger partial charge in [-0.05, 0) is 45.0 Å². The molecular formula is C19H27N3O3S. The van der Waals surface area contributed by atoms with Crippen LogP contribution in [-0.4, -0.2) is 78.3 Å². The highest BCUT2D eigenvalue weighted by Gasteiger charge is 2.26. The van der Waals surface area contributed by atoms with Crippen molar-refractivity contribution in [2.75, 3.05) is 50.4 Å². The molecule has 2 heterocycles. The molecule has 1 aromatic rings. The number of thioether (sulfide) groups is 1. The first-order chi connectivity index (χ1) is 12.5. The predicted octanol–water partition coefficient (Wildman–Crippen LogP) is 2.00. The van der Waals surface area contributed by atoms with Gasteiger partial charge in [0.15, 0.2) is 0 Å². The van der Waals surface area contributed by atoms with Crippen LogP contribution < -0.4 is 4.90 Å². The first kappa shape index (κ1) is 19.2. The van der Waals surface area contributed by atoms with Crippen LogP contribution in [0.3, 0.4) is 0 Å². The Morgan fingerprint density at radius 1 is 1.23 bits per heavy atom.